The molecular formula is C12H16O4. The molecule has 4 heteroatoms. The van der Waals surface area contributed by atoms with Crippen molar-refractivity contribution in [1.29, 1.82) is 0 Å². The number of carbonyl (C=O) groups excluding carboxylic acids is 2. The van der Waals surface area contributed by atoms with Crippen LogP contribution < -0.4 is 0 Å². The number of carbonyl (C=O) groups is 2. The first-order valence-electron chi connectivity index (χ1n) is 5.53. The Kier molecular flexibility index (Phi) is 3.10. The summed E-state index contributed by atoms with van der Waals surface area (Å²) in [6.07, 6.45) is 4.63. The molecule has 2 rings (SSSR count). The molecule has 0 N–H and O–H groups in total. The van der Waals surface area contributed by atoms with Crippen molar-refractivity contribution in [2.45, 2.75) is 32.0 Å². The van der Waals surface area contributed by atoms with Gasteiger partial charge in [0, 0.05) is 25.4 Å². The Bertz CT molecular complexity index is 334. The second-order valence-corrected chi connectivity index (χ2v) is 4.45. The van der Waals surface area contributed by atoms with Gasteiger partial charge < -0.3 is 9.47 Å². The van der Waals surface area contributed by atoms with Crippen molar-refractivity contribution < 1.29 is 19.1 Å². The summed E-state index contributed by atoms with van der Waals surface area (Å²) in [7, 11) is 1.65. The number of esters is 1. The third kappa shape index (κ3) is 2.02. The van der Waals surface area contributed by atoms with Crippen LogP contribution in [0.25, 0.3) is 0 Å². The van der Waals surface area contributed by atoms with Crippen LogP contribution >= 0.6 is 0 Å². The highest BCUT2D eigenvalue weighted by Crippen LogP contribution is 2.43. The fourth-order valence-corrected chi connectivity index (χ4v) is 2.66. The van der Waals surface area contributed by atoms with E-state index in [1.807, 2.05) is 6.08 Å². The smallest absolute Gasteiger partial charge is 0.306 e. The van der Waals surface area contributed by atoms with E-state index in [9.17, 15) is 9.59 Å². The number of hydrogen-bond acceptors (Lipinski definition) is 4. The van der Waals surface area contributed by atoms with Gasteiger partial charge in [-0.1, -0.05) is 6.08 Å². The summed E-state index contributed by atoms with van der Waals surface area (Å²) in [4.78, 5) is 22.1. The average Bonchev–Trinajstić information content (AvgIpc) is 2.70. The Morgan fingerprint density at radius 3 is 2.94 bits per heavy atom. The van der Waals surface area contributed by atoms with E-state index < -0.39 is 0 Å². The molecule has 0 aromatic carbocycles. The second-order valence-electron chi connectivity index (χ2n) is 4.45. The summed E-state index contributed by atoms with van der Waals surface area (Å²) < 4.78 is 10.6. The number of allylic oxidation sites excluding steroid dienone is 1. The largest absolute Gasteiger partial charge is 0.462 e. The van der Waals surface area contributed by atoms with Gasteiger partial charge >= 0.3 is 5.97 Å². The summed E-state index contributed by atoms with van der Waals surface area (Å²) in [5.74, 6) is 0.174. The Morgan fingerprint density at radius 2 is 2.31 bits per heavy atom. The highest BCUT2D eigenvalue weighted by atomic mass is 16.6. The van der Waals surface area contributed by atoms with Crippen LogP contribution in [-0.2, 0) is 19.1 Å². The fraction of sp³-hybridized carbons (Fsp3) is 0.667. The maximum Gasteiger partial charge on any atom is 0.306 e. The van der Waals surface area contributed by atoms with E-state index in [0.29, 0.717) is 6.42 Å². The SMILES string of the molecule is CO[C@@H]1C[C@@H]2OC(=O)C[C@@H]2[C@H]1/C=C/C(C)=O. The van der Waals surface area contributed by atoms with Crippen LogP contribution in [0.1, 0.15) is 19.8 Å². The molecule has 2 fully saturated rings. The van der Waals surface area contributed by atoms with E-state index >= 15 is 0 Å². The van der Waals surface area contributed by atoms with Crippen LogP contribution in [-0.4, -0.2) is 31.1 Å². The van der Waals surface area contributed by atoms with Gasteiger partial charge in [-0.2, -0.15) is 0 Å². The Balaban J connectivity index is 2.12. The van der Waals surface area contributed by atoms with E-state index in [1.165, 1.54) is 6.92 Å². The van der Waals surface area contributed by atoms with Crippen LogP contribution in [0, 0.1) is 11.8 Å². The van der Waals surface area contributed by atoms with E-state index in [0.717, 1.165) is 6.42 Å². The van der Waals surface area contributed by atoms with Gasteiger partial charge in [0.15, 0.2) is 5.78 Å². The highest BCUT2D eigenvalue weighted by molar-refractivity contribution is 5.87. The van der Waals surface area contributed by atoms with Crippen LogP contribution in [0.15, 0.2) is 12.2 Å². The molecule has 4 nitrogen and oxygen atoms in total. The zero-order valence-corrected chi connectivity index (χ0v) is 9.51. The zero-order chi connectivity index (χ0) is 11.7. The van der Waals surface area contributed by atoms with Crippen molar-refractivity contribution in [1.82, 2.24) is 0 Å². The predicted molar refractivity (Wildman–Crippen MR) is 56.7 cm³/mol. The first-order valence-corrected chi connectivity index (χ1v) is 5.53. The lowest BCUT2D eigenvalue weighted by Gasteiger charge is -2.17. The molecular weight excluding hydrogens is 208 g/mol. The molecule has 0 spiro atoms. The van der Waals surface area contributed by atoms with Gasteiger partial charge in [-0.25, -0.2) is 0 Å². The summed E-state index contributed by atoms with van der Waals surface area (Å²) in [5.41, 5.74) is 0. The van der Waals surface area contributed by atoms with Gasteiger partial charge in [-0.3, -0.25) is 9.59 Å². The number of fused-ring (bicyclic) bond motifs is 1. The van der Waals surface area contributed by atoms with Gasteiger partial charge in [0.1, 0.15) is 6.10 Å². The first-order chi connectivity index (χ1) is 7.61. The van der Waals surface area contributed by atoms with Gasteiger partial charge in [-0.05, 0) is 13.0 Å². The fourth-order valence-electron chi connectivity index (χ4n) is 2.66. The van der Waals surface area contributed by atoms with E-state index in [4.69, 9.17) is 9.47 Å². The molecule has 1 aliphatic carbocycles. The second kappa shape index (κ2) is 4.37. The zero-order valence-electron chi connectivity index (χ0n) is 9.51. The summed E-state index contributed by atoms with van der Waals surface area (Å²) in [6, 6.07) is 0. The summed E-state index contributed by atoms with van der Waals surface area (Å²) in [5, 5.41) is 0. The Morgan fingerprint density at radius 1 is 1.56 bits per heavy atom. The van der Waals surface area contributed by atoms with Crippen molar-refractivity contribution in [2.75, 3.05) is 7.11 Å². The standard InChI is InChI=1S/C12H16O4/c1-7(13)3-4-8-9-5-12(14)16-11(9)6-10(8)15-2/h3-4,8-11H,5-6H2,1-2H3/b4-3+/t8-,9-,10-,11+/m1/s1. The number of ether oxygens (including phenoxy) is 2. The molecule has 1 heterocycles. The van der Waals surface area contributed by atoms with Gasteiger partial charge in [0.05, 0.1) is 12.5 Å². The van der Waals surface area contributed by atoms with Gasteiger partial charge in [-0.15, -0.1) is 0 Å². The highest BCUT2D eigenvalue weighted by Gasteiger charge is 2.49. The molecule has 4 atom stereocenters. The van der Waals surface area contributed by atoms with E-state index in [2.05, 4.69) is 0 Å². The molecule has 2 aliphatic rings. The molecule has 1 aliphatic heterocycles. The summed E-state index contributed by atoms with van der Waals surface area (Å²) in [6.45, 7) is 1.51. The van der Waals surface area contributed by atoms with Crippen molar-refractivity contribution in [3.05, 3.63) is 12.2 Å². The number of ketones is 1. The van der Waals surface area contributed by atoms with E-state index in [-0.39, 0.29) is 35.8 Å². The molecule has 0 radical (unpaired) electrons. The normalized spacial score (nSPS) is 37.8. The minimum Gasteiger partial charge on any atom is -0.462 e. The lowest BCUT2D eigenvalue weighted by atomic mass is 9.91. The number of hydrogen-bond donors (Lipinski definition) is 0. The number of methoxy groups -OCH3 is 1. The topological polar surface area (TPSA) is 52.6 Å². The molecule has 1 saturated carbocycles. The lowest BCUT2D eigenvalue weighted by Crippen LogP contribution is -2.20. The van der Waals surface area contributed by atoms with Crippen molar-refractivity contribution in [3.63, 3.8) is 0 Å². The van der Waals surface area contributed by atoms with E-state index in [1.54, 1.807) is 13.2 Å². The third-order valence-electron chi connectivity index (χ3n) is 3.41. The minimum absolute atomic E-state index is 0.0172. The minimum atomic E-state index is -0.134. The van der Waals surface area contributed by atoms with Gasteiger partial charge in [0.2, 0.25) is 0 Å². The Labute approximate surface area is 94.6 Å². The van der Waals surface area contributed by atoms with Crippen molar-refractivity contribution >= 4 is 11.8 Å². The average molecular weight is 224 g/mol. The van der Waals surface area contributed by atoms with Crippen LogP contribution in [0.4, 0.5) is 0 Å². The monoisotopic (exact) mass is 224 g/mol. The molecule has 1 saturated heterocycles. The molecule has 0 bridgehead atoms. The molecule has 0 amide bonds. The van der Waals surface area contributed by atoms with Crippen LogP contribution in [0.3, 0.4) is 0 Å². The number of rotatable bonds is 3. The van der Waals surface area contributed by atoms with Crippen LogP contribution in [0.2, 0.25) is 0 Å². The molecule has 0 aromatic rings. The predicted octanol–water partition coefficient (Wildman–Crippen LogP) is 1.10. The maximum atomic E-state index is 11.2. The molecule has 0 aromatic heterocycles. The molecule has 16 heavy (non-hydrogen) atoms. The maximum absolute atomic E-state index is 11.2. The molecule has 88 valence electrons. The first kappa shape index (κ1) is 11.3. The Hall–Kier alpha value is -1.16. The van der Waals surface area contributed by atoms with Gasteiger partial charge in [0.25, 0.3) is 0 Å². The van der Waals surface area contributed by atoms with Crippen molar-refractivity contribution in [2.24, 2.45) is 11.8 Å². The van der Waals surface area contributed by atoms with Crippen LogP contribution in [0.5, 0.6) is 0 Å². The third-order valence-corrected chi connectivity index (χ3v) is 3.41. The van der Waals surface area contributed by atoms with Crippen molar-refractivity contribution in [3.8, 4) is 0 Å². The quantitative estimate of drug-likeness (QED) is 0.532. The lowest BCUT2D eigenvalue weighted by molar-refractivity contribution is -0.142. The summed E-state index contributed by atoms with van der Waals surface area (Å²) >= 11 is 0. The molecule has 0 unspecified atom stereocenters.